The number of carbonyl (C=O) groups excluding carboxylic acids is 1. The van der Waals surface area contributed by atoms with E-state index >= 15 is 0 Å². The van der Waals surface area contributed by atoms with Gasteiger partial charge in [-0.05, 0) is 24.1 Å². The summed E-state index contributed by atoms with van der Waals surface area (Å²) in [6, 6.07) is 3.30. The first-order valence-electron chi connectivity index (χ1n) is 11.1. The van der Waals surface area contributed by atoms with E-state index in [1.165, 1.54) is 6.08 Å². The van der Waals surface area contributed by atoms with Gasteiger partial charge in [0.1, 0.15) is 5.65 Å². The molecule has 0 spiro atoms. The van der Waals surface area contributed by atoms with Crippen LogP contribution in [0.25, 0.3) is 11.0 Å². The summed E-state index contributed by atoms with van der Waals surface area (Å²) in [6.07, 6.45) is 7.94. The first-order valence-corrected chi connectivity index (χ1v) is 11.1. The SMILES string of the molecule is C=CC(=O)N1CCN(CCn2c(=O)ccc3cnc(N/C(C=C)=C/C(C)CC)nc32)CC1. The molecular weight excluding hydrogens is 404 g/mol. The number of carbonyl (C=O) groups is 1. The second kappa shape index (κ2) is 10.9. The van der Waals surface area contributed by atoms with Crippen LogP contribution < -0.4 is 10.9 Å². The van der Waals surface area contributed by atoms with Gasteiger partial charge < -0.3 is 10.2 Å². The van der Waals surface area contributed by atoms with E-state index in [0.717, 1.165) is 30.6 Å². The maximum absolute atomic E-state index is 12.6. The largest absolute Gasteiger partial charge is 0.337 e. The van der Waals surface area contributed by atoms with E-state index in [9.17, 15) is 9.59 Å². The molecule has 1 aliphatic heterocycles. The number of allylic oxidation sites excluding steroid dienone is 2. The van der Waals surface area contributed by atoms with Crippen molar-refractivity contribution in [2.24, 2.45) is 5.92 Å². The van der Waals surface area contributed by atoms with Crippen molar-refractivity contribution in [3.63, 3.8) is 0 Å². The van der Waals surface area contributed by atoms with Crippen molar-refractivity contribution in [1.82, 2.24) is 24.3 Å². The molecule has 1 fully saturated rings. The molecule has 1 N–H and O–H groups in total. The lowest BCUT2D eigenvalue weighted by molar-refractivity contribution is -0.127. The van der Waals surface area contributed by atoms with Gasteiger partial charge in [0.05, 0.1) is 0 Å². The van der Waals surface area contributed by atoms with Gasteiger partial charge in [0, 0.05) is 62.6 Å². The zero-order valence-electron chi connectivity index (χ0n) is 19.0. The molecule has 170 valence electrons. The average Bonchev–Trinajstić information content (AvgIpc) is 2.82. The van der Waals surface area contributed by atoms with E-state index < -0.39 is 0 Å². The van der Waals surface area contributed by atoms with Crippen molar-refractivity contribution in [1.29, 1.82) is 0 Å². The van der Waals surface area contributed by atoms with Gasteiger partial charge in [-0.15, -0.1) is 0 Å². The Morgan fingerprint density at radius 2 is 1.94 bits per heavy atom. The minimum Gasteiger partial charge on any atom is -0.337 e. The second-order valence-electron chi connectivity index (χ2n) is 8.00. The van der Waals surface area contributed by atoms with E-state index in [-0.39, 0.29) is 11.5 Å². The molecule has 1 amide bonds. The number of pyridine rings is 1. The average molecular weight is 437 g/mol. The van der Waals surface area contributed by atoms with Gasteiger partial charge in [0.2, 0.25) is 11.9 Å². The highest BCUT2D eigenvalue weighted by Gasteiger charge is 2.19. The fraction of sp³-hybridized carbons (Fsp3) is 0.417. The summed E-state index contributed by atoms with van der Waals surface area (Å²) in [5.74, 6) is 0.798. The van der Waals surface area contributed by atoms with E-state index in [1.807, 2.05) is 0 Å². The van der Waals surface area contributed by atoms with Gasteiger partial charge in [-0.2, -0.15) is 4.98 Å². The molecule has 3 rings (SSSR count). The number of hydrogen-bond acceptors (Lipinski definition) is 6. The molecule has 1 saturated heterocycles. The van der Waals surface area contributed by atoms with E-state index in [0.29, 0.717) is 43.7 Å². The number of hydrogen-bond donors (Lipinski definition) is 1. The van der Waals surface area contributed by atoms with Crippen molar-refractivity contribution in [2.75, 3.05) is 38.0 Å². The molecule has 1 aliphatic rings. The number of anilines is 1. The number of rotatable bonds is 9. The third-order valence-electron chi connectivity index (χ3n) is 5.81. The predicted octanol–water partition coefficient (Wildman–Crippen LogP) is 2.65. The Bertz CT molecular complexity index is 1070. The van der Waals surface area contributed by atoms with Crippen LogP contribution in [0.2, 0.25) is 0 Å². The molecule has 8 nitrogen and oxygen atoms in total. The standard InChI is InChI=1S/C24H32N6O2/c1-5-18(4)16-20(6-2)26-24-25-17-19-8-9-22(32)30(23(19)27-24)15-12-28-10-13-29(14-11-28)21(31)7-3/h6-9,16-18H,2-3,5,10-15H2,1,4H3,(H,25,26,27)/b20-16+. The third kappa shape index (κ3) is 5.70. The van der Waals surface area contributed by atoms with E-state index in [2.05, 4.69) is 53.3 Å². The lowest BCUT2D eigenvalue weighted by Gasteiger charge is -2.34. The van der Waals surface area contributed by atoms with E-state index in [4.69, 9.17) is 0 Å². The first-order chi connectivity index (χ1) is 15.4. The Morgan fingerprint density at radius 1 is 1.19 bits per heavy atom. The summed E-state index contributed by atoms with van der Waals surface area (Å²) < 4.78 is 1.69. The monoisotopic (exact) mass is 436 g/mol. The highest BCUT2D eigenvalue weighted by atomic mass is 16.2. The summed E-state index contributed by atoms with van der Waals surface area (Å²) in [5, 5.41) is 4.02. The molecule has 0 aromatic carbocycles. The zero-order valence-corrected chi connectivity index (χ0v) is 19.0. The molecule has 2 aromatic rings. The van der Waals surface area contributed by atoms with Gasteiger partial charge in [-0.3, -0.25) is 19.1 Å². The Hall–Kier alpha value is -3.26. The minimum atomic E-state index is -0.0956. The highest BCUT2D eigenvalue weighted by Crippen LogP contribution is 2.14. The normalized spacial score (nSPS) is 16.1. The molecule has 1 unspecified atom stereocenters. The maximum Gasteiger partial charge on any atom is 0.252 e. The van der Waals surface area contributed by atoms with Crippen molar-refractivity contribution in [3.05, 3.63) is 65.8 Å². The quantitative estimate of drug-likeness (QED) is 0.481. The topological polar surface area (TPSA) is 83.4 Å². The van der Waals surface area contributed by atoms with Crippen molar-refractivity contribution < 1.29 is 4.79 Å². The van der Waals surface area contributed by atoms with Crippen molar-refractivity contribution in [2.45, 2.75) is 26.8 Å². The number of piperazine rings is 1. The smallest absolute Gasteiger partial charge is 0.252 e. The second-order valence-corrected chi connectivity index (χ2v) is 8.00. The Kier molecular flexibility index (Phi) is 7.94. The Labute approximate surface area is 189 Å². The highest BCUT2D eigenvalue weighted by molar-refractivity contribution is 5.87. The lowest BCUT2D eigenvalue weighted by atomic mass is 10.1. The van der Waals surface area contributed by atoms with Gasteiger partial charge in [-0.1, -0.05) is 39.5 Å². The molecule has 8 heteroatoms. The Morgan fingerprint density at radius 3 is 2.59 bits per heavy atom. The maximum atomic E-state index is 12.6. The number of amides is 1. The van der Waals surface area contributed by atoms with Crippen LogP contribution in [0.5, 0.6) is 0 Å². The fourth-order valence-electron chi connectivity index (χ4n) is 3.62. The molecule has 1 atom stereocenters. The van der Waals surface area contributed by atoms with Gasteiger partial charge >= 0.3 is 0 Å². The molecule has 3 heterocycles. The van der Waals surface area contributed by atoms with E-state index in [1.54, 1.807) is 33.9 Å². The predicted molar refractivity (Wildman–Crippen MR) is 128 cm³/mol. The van der Waals surface area contributed by atoms with Crippen LogP contribution in [0.3, 0.4) is 0 Å². The third-order valence-corrected chi connectivity index (χ3v) is 5.81. The van der Waals surface area contributed by atoms with Crippen LogP contribution in [0, 0.1) is 5.92 Å². The van der Waals surface area contributed by atoms with Crippen molar-refractivity contribution in [3.8, 4) is 0 Å². The first kappa shape index (κ1) is 23.4. The Balaban J connectivity index is 1.76. The summed E-state index contributed by atoms with van der Waals surface area (Å²) in [7, 11) is 0. The summed E-state index contributed by atoms with van der Waals surface area (Å²) in [5.41, 5.74) is 1.35. The van der Waals surface area contributed by atoms with Crippen LogP contribution in [0.1, 0.15) is 20.3 Å². The lowest BCUT2D eigenvalue weighted by Crippen LogP contribution is -2.49. The van der Waals surface area contributed by atoms with Crippen LogP contribution in [0.4, 0.5) is 5.95 Å². The van der Waals surface area contributed by atoms with Crippen LogP contribution >= 0.6 is 0 Å². The molecule has 32 heavy (non-hydrogen) atoms. The molecule has 0 aliphatic carbocycles. The minimum absolute atomic E-state index is 0.0343. The number of aromatic nitrogens is 3. The zero-order chi connectivity index (χ0) is 23.1. The summed E-state index contributed by atoms with van der Waals surface area (Å²) in [6.45, 7) is 15.8. The van der Waals surface area contributed by atoms with Gasteiger partial charge in [-0.25, -0.2) is 4.98 Å². The van der Waals surface area contributed by atoms with Crippen LogP contribution in [-0.4, -0.2) is 63.0 Å². The van der Waals surface area contributed by atoms with Crippen LogP contribution in [-0.2, 0) is 11.3 Å². The number of nitrogens with one attached hydrogen (secondary N) is 1. The molecular formula is C24H32N6O2. The van der Waals surface area contributed by atoms with Crippen molar-refractivity contribution >= 4 is 22.9 Å². The molecule has 0 bridgehead atoms. The summed E-state index contributed by atoms with van der Waals surface area (Å²) >= 11 is 0. The van der Waals surface area contributed by atoms with Crippen LogP contribution in [0.15, 0.2) is 60.2 Å². The molecule has 0 radical (unpaired) electrons. The van der Waals surface area contributed by atoms with Gasteiger partial charge in [0.25, 0.3) is 5.56 Å². The molecule has 0 saturated carbocycles. The van der Waals surface area contributed by atoms with Gasteiger partial charge in [0.15, 0.2) is 0 Å². The number of nitrogens with zero attached hydrogens (tertiary/aromatic N) is 5. The number of fused-ring (bicyclic) bond motifs is 1. The fourth-order valence-corrected chi connectivity index (χ4v) is 3.62. The molecule has 2 aromatic heterocycles. The summed E-state index contributed by atoms with van der Waals surface area (Å²) in [4.78, 5) is 37.5.